The Kier molecular flexibility index (Phi) is 3.92. The fourth-order valence-electron chi connectivity index (χ4n) is 3.32. The molecule has 108 valence electrons. The van der Waals surface area contributed by atoms with Crippen LogP contribution in [0.25, 0.3) is 0 Å². The van der Waals surface area contributed by atoms with Gasteiger partial charge in [-0.3, -0.25) is 4.79 Å². The number of piperidine rings is 1. The van der Waals surface area contributed by atoms with Gasteiger partial charge in [0.15, 0.2) is 0 Å². The van der Waals surface area contributed by atoms with Gasteiger partial charge in [0.05, 0.1) is 0 Å². The zero-order chi connectivity index (χ0) is 13.9. The molecule has 2 unspecified atom stereocenters. The molecule has 1 aromatic carbocycles. The molecule has 2 aliphatic heterocycles. The summed E-state index contributed by atoms with van der Waals surface area (Å²) in [6.45, 7) is 2.61. The molecule has 0 radical (unpaired) electrons. The zero-order valence-electron chi connectivity index (χ0n) is 11.7. The van der Waals surface area contributed by atoms with Crippen LogP contribution in [0, 0.1) is 5.92 Å². The predicted molar refractivity (Wildman–Crippen MR) is 78.7 cm³/mol. The minimum atomic E-state index is 0.192. The van der Waals surface area contributed by atoms with Crippen molar-refractivity contribution in [3.63, 3.8) is 0 Å². The molecule has 2 aliphatic rings. The fraction of sp³-hybridized carbons (Fsp3) is 0.562. The van der Waals surface area contributed by atoms with Crippen molar-refractivity contribution in [1.29, 1.82) is 0 Å². The molecule has 0 bridgehead atoms. The van der Waals surface area contributed by atoms with Crippen LogP contribution in [-0.4, -0.2) is 42.2 Å². The molecule has 0 spiro atoms. The second-order valence-electron chi connectivity index (χ2n) is 5.90. The van der Waals surface area contributed by atoms with Crippen LogP contribution in [0.2, 0.25) is 0 Å². The molecule has 2 heterocycles. The molecule has 2 atom stereocenters. The number of hydrogen-bond donors (Lipinski definition) is 2. The zero-order valence-corrected chi connectivity index (χ0v) is 11.7. The Morgan fingerprint density at radius 3 is 3.10 bits per heavy atom. The van der Waals surface area contributed by atoms with E-state index in [0.29, 0.717) is 6.42 Å². The Morgan fingerprint density at radius 1 is 1.40 bits per heavy atom. The standard InChI is InChI=1S/C16H22N2O2/c19-11-12-4-3-7-18(10-12)16(20)8-13-9-17-15-6-2-1-5-14(13)15/h1-2,5-6,12-13,17,19H,3-4,7-11H2. The van der Waals surface area contributed by atoms with Gasteiger partial charge in [0.2, 0.25) is 5.91 Å². The molecule has 4 nitrogen and oxygen atoms in total. The van der Waals surface area contributed by atoms with Gasteiger partial charge in [-0.2, -0.15) is 0 Å². The Bertz CT molecular complexity index is 489. The second kappa shape index (κ2) is 5.83. The molecule has 0 saturated carbocycles. The van der Waals surface area contributed by atoms with E-state index in [-0.39, 0.29) is 24.3 Å². The molecule has 20 heavy (non-hydrogen) atoms. The third-order valence-corrected chi connectivity index (χ3v) is 4.49. The average Bonchev–Trinajstić information content (AvgIpc) is 2.90. The molecule has 1 saturated heterocycles. The summed E-state index contributed by atoms with van der Waals surface area (Å²) in [5.74, 6) is 0.779. The monoisotopic (exact) mass is 274 g/mol. The van der Waals surface area contributed by atoms with Crippen LogP contribution >= 0.6 is 0 Å². The smallest absolute Gasteiger partial charge is 0.223 e. The number of likely N-dealkylation sites (tertiary alicyclic amines) is 1. The number of carbonyl (C=O) groups is 1. The van der Waals surface area contributed by atoms with Crippen LogP contribution in [0.3, 0.4) is 0 Å². The van der Waals surface area contributed by atoms with Gasteiger partial charge in [-0.15, -0.1) is 0 Å². The summed E-state index contributed by atoms with van der Waals surface area (Å²) < 4.78 is 0. The minimum Gasteiger partial charge on any atom is -0.396 e. The summed E-state index contributed by atoms with van der Waals surface area (Å²) >= 11 is 0. The largest absolute Gasteiger partial charge is 0.396 e. The van der Waals surface area contributed by atoms with E-state index >= 15 is 0 Å². The number of benzene rings is 1. The molecular weight excluding hydrogens is 252 g/mol. The molecule has 1 amide bonds. The van der Waals surface area contributed by atoms with E-state index in [9.17, 15) is 9.90 Å². The number of nitrogens with one attached hydrogen (secondary N) is 1. The number of nitrogens with zero attached hydrogens (tertiary/aromatic N) is 1. The summed E-state index contributed by atoms with van der Waals surface area (Å²) in [5, 5.41) is 12.6. The molecule has 2 N–H and O–H groups in total. The Labute approximate surface area is 119 Å². The van der Waals surface area contributed by atoms with E-state index in [0.717, 1.165) is 38.2 Å². The summed E-state index contributed by atoms with van der Waals surface area (Å²) in [6.07, 6.45) is 2.62. The van der Waals surface area contributed by atoms with Crippen molar-refractivity contribution in [2.75, 3.05) is 31.6 Å². The van der Waals surface area contributed by atoms with Crippen molar-refractivity contribution < 1.29 is 9.90 Å². The van der Waals surface area contributed by atoms with Gasteiger partial charge in [-0.25, -0.2) is 0 Å². The van der Waals surface area contributed by atoms with Gasteiger partial charge < -0.3 is 15.3 Å². The lowest BCUT2D eigenvalue weighted by molar-refractivity contribution is -0.133. The van der Waals surface area contributed by atoms with Crippen LogP contribution < -0.4 is 5.32 Å². The average molecular weight is 274 g/mol. The van der Waals surface area contributed by atoms with E-state index in [1.807, 2.05) is 17.0 Å². The van der Waals surface area contributed by atoms with Crippen molar-refractivity contribution in [1.82, 2.24) is 4.90 Å². The van der Waals surface area contributed by atoms with E-state index in [2.05, 4.69) is 17.4 Å². The van der Waals surface area contributed by atoms with Crippen molar-refractivity contribution >= 4 is 11.6 Å². The highest BCUT2D eigenvalue weighted by molar-refractivity contribution is 5.78. The number of anilines is 1. The van der Waals surface area contributed by atoms with Gasteiger partial charge in [-0.1, -0.05) is 18.2 Å². The van der Waals surface area contributed by atoms with Crippen molar-refractivity contribution in [3.05, 3.63) is 29.8 Å². The van der Waals surface area contributed by atoms with E-state index in [4.69, 9.17) is 0 Å². The molecule has 1 aromatic rings. The third kappa shape index (κ3) is 2.66. The first-order chi connectivity index (χ1) is 9.78. The van der Waals surface area contributed by atoms with Crippen LogP contribution in [0.4, 0.5) is 5.69 Å². The molecular formula is C16H22N2O2. The number of carbonyl (C=O) groups excluding carboxylic acids is 1. The first kappa shape index (κ1) is 13.4. The number of aliphatic hydroxyl groups excluding tert-OH is 1. The maximum Gasteiger partial charge on any atom is 0.223 e. The van der Waals surface area contributed by atoms with Crippen molar-refractivity contribution in [2.45, 2.75) is 25.2 Å². The Hall–Kier alpha value is -1.55. The van der Waals surface area contributed by atoms with Gasteiger partial charge >= 0.3 is 0 Å². The van der Waals surface area contributed by atoms with E-state index in [1.165, 1.54) is 5.56 Å². The summed E-state index contributed by atoms with van der Waals surface area (Å²) in [5.41, 5.74) is 2.42. The topological polar surface area (TPSA) is 52.6 Å². The Morgan fingerprint density at radius 2 is 2.25 bits per heavy atom. The molecule has 0 aromatic heterocycles. The minimum absolute atomic E-state index is 0.192. The first-order valence-electron chi connectivity index (χ1n) is 7.49. The fourth-order valence-corrected chi connectivity index (χ4v) is 3.32. The third-order valence-electron chi connectivity index (χ3n) is 4.49. The van der Waals surface area contributed by atoms with Gasteiger partial charge in [-0.05, 0) is 30.4 Å². The van der Waals surface area contributed by atoms with E-state index < -0.39 is 0 Å². The maximum atomic E-state index is 12.4. The SMILES string of the molecule is O=C(CC1CNc2ccccc21)N1CCCC(CO)C1. The highest BCUT2D eigenvalue weighted by Crippen LogP contribution is 2.33. The molecule has 3 rings (SSSR count). The summed E-state index contributed by atoms with van der Waals surface area (Å²) in [7, 11) is 0. The molecule has 1 fully saturated rings. The molecule has 0 aliphatic carbocycles. The number of amides is 1. The van der Waals surface area contributed by atoms with Gasteiger partial charge in [0, 0.05) is 44.3 Å². The lowest BCUT2D eigenvalue weighted by atomic mass is 9.95. The summed E-state index contributed by atoms with van der Waals surface area (Å²) in [4.78, 5) is 14.4. The van der Waals surface area contributed by atoms with Crippen LogP contribution in [0.1, 0.15) is 30.7 Å². The quantitative estimate of drug-likeness (QED) is 0.884. The van der Waals surface area contributed by atoms with Crippen LogP contribution in [0.15, 0.2) is 24.3 Å². The van der Waals surface area contributed by atoms with Crippen molar-refractivity contribution in [2.24, 2.45) is 5.92 Å². The van der Waals surface area contributed by atoms with Crippen LogP contribution in [0.5, 0.6) is 0 Å². The van der Waals surface area contributed by atoms with E-state index in [1.54, 1.807) is 0 Å². The number of rotatable bonds is 3. The normalized spacial score (nSPS) is 25.1. The van der Waals surface area contributed by atoms with Crippen molar-refractivity contribution in [3.8, 4) is 0 Å². The highest BCUT2D eigenvalue weighted by Gasteiger charge is 2.28. The summed E-state index contributed by atoms with van der Waals surface area (Å²) in [6, 6.07) is 8.24. The number of fused-ring (bicyclic) bond motifs is 1. The first-order valence-corrected chi connectivity index (χ1v) is 7.49. The maximum absolute atomic E-state index is 12.4. The lowest BCUT2D eigenvalue weighted by Gasteiger charge is -2.32. The number of aliphatic hydroxyl groups is 1. The van der Waals surface area contributed by atoms with Crippen LogP contribution in [-0.2, 0) is 4.79 Å². The second-order valence-corrected chi connectivity index (χ2v) is 5.90. The molecule has 4 heteroatoms. The number of para-hydroxylation sites is 1. The Balaban J connectivity index is 1.62. The highest BCUT2D eigenvalue weighted by atomic mass is 16.3. The van der Waals surface area contributed by atoms with Gasteiger partial charge in [0.1, 0.15) is 0 Å². The number of hydrogen-bond acceptors (Lipinski definition) is 3. The van der Waals surface area contributed by atoms with Gasteiger partial charge in [0.25, 0.3) is 0 Å². The lowest BCUT2D eigenvalue weighted by Crippen LogP contribution is -2.41. The predicted octanol–water partition coefficient (Wildman–Crippen LogP) is 1.82.